The Balaban J connectivity index is 2.21. The van der Waals surface area contributed by atoms with Crippen molar-refractivity contribution in [1.29, 1.82) is 0 Å². The van der Waals surface area contributed by atoms with Gasteiger partial charge in [0, 0.05) is 5.69 Å². The molecule has 2 aromatic rings. The number of rotatable bonds is 5. The number of aromatic nitrogens is 2. The van der Waals surface area contributed by atoms with Gasteiger partial charge in [0.2, 0.25) is 0 Å². The van der Waals surface area contributed by atoms with Crippen LogP contribution in [0.15, 0.2) is 36.7 Å². The van der Waals surface area contributed by atoms with Gasteiger partial charge in [-0.15, -0.1) is 0 Å². The maximum absolute atomic E-state index is 12.1. The number of amides is 1. The van der Waals surface area contributed by atoms with Crippen LogP contribution in [0.4, 0.5) is 0 Å². The van der Waals surface area contributed by atoms with E-state index in [2.05, 4.69) is 15.3 Å². The lowest BCUT2D eigenvalue weighted by atomic mass is 10.1. The molecule has 0 fully saturated rings. The third-order valence-corrected chi connectivity index (χ3v) is 3.01. The molecule has 0 spiro atoms. The molecule has 0 aliphatic rings. The Kier molecular flexibility index (Phi) is 4.67. The molecule has 1 aromatic carbocycles. The predicted molar refractivity (Wildman–Crippen MR) is 77.6 cm³/mol. The summed E-state index contributed by atoms with van der Waals surface area (Å²) in [7, 11) is 1.52. The minimum absolute atomic E-state index is 0.118. The molecule has 1 heterocycles. The number of hydrogen-bond acceptors (Lipinski definition) is 5. The number of nitrogens with zero attached hydrogens (tertiary/aromatic N) is 2. The maximum Gasteiger partial charge on any atom is 0.330 e. The highest BCUT2D eigenvalue weighted by molar-refractivity contribution is 5.95. The molecule has 0 saturated heterocycles. The van der Waals surface area contributed by atoms with Crippen LogP contribution in [0.3, 0.4) is 0 Å². The first kappa shape index (κ1) is 15.4. The first-order valence-corrected chi connectivity index (χ1v) is 6.47. The average Bonchev–Trinajstić information content (AvgIpc) is 2.52. The van der Waals surface area contributed by atoms with Crippen molar-refractivity contribution >= 4 is 11.9 Å². The monoisotopic (exact) mass is 301 g/mol. The number of aryl methyl sites for hydroxylation is 1. The zero-order valence-electron chi connectivity index (χ0n) is 12.1. The first-order chi connectivity index (χ1) is 10.5. The maximum atomic E-state index is 12.1. The summed E-state index contributed by atoms with van der Waals surface area (Å²) in [4.78, 5) is 31.3. The van der Waals surface area contributed by atoms with E-state index in [1.807, 2.05) is 0 Å². The molecule has 22 heavy (non-hydrogen) atoms. The van der Waals surface area contributed by atoms with Gasteiger partial charge >= 0.3 is 5.97 Å². The van der Waals surface area contributed by atoms with Gasteiger partial charge in [-0.05, 0) is 30.7 Å². The Morgan fingerprint density at radius 3 is 2.45 bits per heavy atom. The second-order valence-corrected chi connectivity index (χ2v) is 4.56. The number of benzene rings is 1. The number of carbonyl (C=O) groups is 2. The zero-order chi connectivity index (χ0) is 16.1. The van der Waals surface area contributed by atoms with E-state index in [1.165, 1.54) is 19.5 Å². The van der Waals surface area contributed by atoms with Crippen molar-refractivity contribution in [2.24, 2.45) is 0 Å². The predicted octanol–water partition coefficient (Wildman–Crippen LogP) is 1.35. The molecule has 0 aliphatic heterocycles. The summed E-state index contributed by atoms with van der Waals surface area (Å²) in [6.07, 6.45) is 1.26. The van der Waals surface area contributed by atoms with Gasteiger partial charge in [-0.2, -0.15) is 0 Å². The molecule has 2 rings (SSSR count). The summed E-state index contributed by atoms with van der Waals surface area (Å²) in [5, 5.41) is 11.8. The number of ether oxygens (including phenoxy) is 1. The van der Waals surface area contributed by atoms with Crippen molar-refractivity contribution in [2.75, 3.05) is 7.11 Å². The van der Waals surface area contributed by atoms with Crippen LogP contribution in [-0.2, 0) is 4.79 Å². The van der Waals surface area contributed by atoms with Crippen molar-refractivity contribution in [1.82, 2.24) is 15.3 Å². The minimum atomic E-state index is -1.17. The van der Waals surface area contributed by atoms with Crippen molar-refractivity contribution in [2.45, 2.75) is 13.0 Å². The lowest BCUT2D eigenvalue weighted by Gasteiger charge is -2.15. The summed E-state index contributed by atoms with van der Waals surface area (Å²) in [5.74, 6) is -1.14. The van der Waals surface area contributed by atoms with Crippen LogP contribution in [0.5, 0.6) is 5.75 Å². The van der Waals surface area contributed by atoms with Gasteiger partial charge in [0.25, 0.3) is 5.91 Å². The lowest BCUT2D eigenvalue weighted by molar-refractivity contribution is -0.139. The van der Waals surface area contributed by atoms with E-state index in [0.717, 1.165) is 0 Å². The number of aliphatic carboxylic acids is 1. The summed E-state index contributed by atoms with van der Waals surface area (Å²) >= 11 is 0. The van der Waals surface area contributed by atoms with E-state index >= 15 is 0 Å². The number of carboxylic acid groups (broad SMARTS) is 1. The number of hydrogen-bond donors (Lipinski definition) is 2. The highest BCUT2D eigenvalue weighted by Crippen LogP contribution is 2.18. The van der Waals surface area contributed by atoms with Crippen molar-refractivity contribution in [3.63, 3.8) is 0 Å². The van der Waals surface area contributed by atoms with Crippen molar-refractivity contribution in [3.8, 4) is 5.75 Å². The molecule has 7 heteroatoms. The molecule has 0 radical (unpaired) electrons. The molecule has 1 amide bonds. The number of carboxylic acids is 1. The topological polar surface area (TPSA) is 101 Å². The smallest absolute Gasteiger partial charge is 0.330 e. The Morgan fingerprint density at radius 2 is 1.91 bits per heavy atom. The molecule has 2 N–H and O–H groups in total. The van der Waals surface area contributed by atoms with Crippen LogP contribution in [0.1, 0.15) is 27.8 Å². The van der Waals surface area contributed by atoms with E-state index in [9.17, 15) is 14.7 Å². The summed E-state index contributed by atoms with van der Waals surface area (Å²) in [5.41, 5.74) is 1.18. The quantitative estimate of drug-likeness (QED) is 0.864. The fraction of sp³-hybridized carbons (Fsp3) is 0.200. The Hall–Kier alpha value is -2.96. The van der Waals surface area contributed by atoms with E-state index in [4.69, 9.17) is 4.74 Å². The first-order valence-electron chi connectivity index (χ1n) is 6.47. The van der Waals surface area contributed by atoms with Gasteiger partial charge in [0.1, 0.15) is 17.8 Å². The number of methoxy groups -OCH3 is 1. The molecule has 1 unspecified atom stereocenters. The Morgan fingerprint density at radius 1 is 1.23 bits per heavy atom. The third kappa shape index (κ3) is 3.57. The van der Waals surface area contributed by atoms with E-state index in [0.29, 0.717) is 17.0 Å². The summed E-state index contributed by atoms with van der Waals surface area (Å²) in [6, 6.07) is 6.75. The average molecular weight is 301 g/mol. The van der Waals surface area contributed by atoms with Crippen LogP contribution < -0.4 is 10.1 Å². The third-order valence-electron chi connectivity index (χ3n) is 3.01. The fourth-order valence-corrected chi connectivity index (χ4v) is 1.87. The molecular formula is C15H15N3O4. The van der Waals surface area contributed by atoms with Crippen LogP contribution in [0.2, 0.25) is 0 Å². The molecule has 1 atom stereocenters. The molecule has 0 saturated carbocycles. The molecule has 0 aliphatic carbocycles. The Bertz CT molecular complexity index is 685. The fourth-order valence-electron chi connectivity index (χ4n) is 1.87. The SMILES string of the molecule is COc1ccc(C(NC(=O)c2cc(C)ncn2)C(=O)O)cc1. The van der Waals surface area contributed by atoms with E-state index < -0.39 is 17.9 Å². The highest BCUT2D eigenvalue weighted by Gasteiger charge is 2.23. The molecule has 0 bridgehead atoms. The van der Waals surface area contributed by atoms with Crippen molar-refractivity contribution in [3.05, 3.63) is 53.6 Å². The van der Waals surface area contributed by atoms with Crippen LogP contribution in [0.25, 0.3) is 0 Å². The molecular weight excluding hydrogens is 286 g/mol. The van der Waals surface area contributed by atoms with Crippen LogP contribution >= 0.6 is 0 Å². The molecule has 1 aromatic heterocycles. The molecule has 7 nitrogen and oxygen atoms in total. The number of nitrogens with one attached hydrogen (secondary N) is 1. The molecule has 114 valence electrons. The number of carbonyl (C=O) groups excluding carboxylic acids is 1. The van der Waals surface area contributed by atoms with Crippen LogP contribution in [-0.4, -0.2) is 34.1 Å². The second-order valence-electron chi connectivity index (χ2n) is 4.56. The van der Waals surface area contributed by atoms with Gasteiger partial charge < -0.3 is 15.2 Å². The van der Waals surface area contributed by atoms with Gasteiger partial charge in [0.05, 0.1) is 7.11 Å². The summed E-state index contributed by atoms with van der Waals surface area (Å²) < 4.78 is 5.02. The van der Waals surface area contributed by atoms with Gasteiger partial charge in [-0.25, -0.2) is 14.8 Å². The lowest BCUT2D eigenvalue weighted by Crippen LogP contribution is -2.34. The van der Waals surface area contributed by atoms with Gasteiger partial charge in [0.15, 0.2) is 6.04 Å². The summed E-state index contributed by atoms with van der Waals surface area (Å²) in [6.45, 7) is 1.72. The normalized spacial score (nSPS) is 11.5. The van der Waals surface area contributed by atoms with E-state index in [-0.39, 0.29) is 5.69 Å². The van der Waals surface area contributed by atoms with E-state index in [1.54, 1.807) is 31.2 Å². The zero-order valence-corrected chi connectivity index (χ0v) is 12.1. The minimum Gasteiger partial charge on any atom is -0.497 e. The highest BCUT2D eigenvalue weighted by atomic mass is 16.5. The second kappa shape index (κ2) is 6.66. The van der Waals surface area contributed by atoms with Crippen LogP contribution in [0, 0.1) is 6.92 Å². The standard InChI is InChI=1S/C15H15N3O4/c1-9-7-12(17-8-16-9)14(19)18-13(15(20)21)10-3-5-11(22-2)6-4-10/h3-8,13H,1-2H3,(H,18,19)(H,20,21). The largest absolute Gasteiger partial charge is 0.497 e. The Labute approximate surface area is 127 Å². The van der Waals surface area contributed by atoms with Gasteiger partial charge in [-0.1, -0.05) is 12.1 Å². The van der Waals surface area contributed by atoms with Crippen molar-refractivity contribution < 1.29 is 19.4 Å². The van der Waals surface area contributed by atoms with Gasteiger partial charge in [-0.3, -0.25) is 4.79 Å².